The van der Waals surface area contributed by atoms with E-state index in [2.05, 4.69) is 0 Å². The molecule has 1 aliphatic rings. The van der Waals surface area contributed by atoms with Crippen LogP contribution in [0.3, 0.4) is 0 Å². The van der Waals surface area contributed by atoms with Crippen LogP contribution >= 0.6 is 0 Å². The third kappa shape index (κ3) is 3.52. The predicted molar refractivity (Wildman–Crippen MR) is 81.7 cm³/mol. The molecule has 1 saturated heterocycles. The zero-order chi connectivity index (χ0) is 14.8. The summed E-state index contributed by atoms with van der Waals surface area (Å²) in [5.41, 5.74) is 2.87. The van der Waals surface area contributed by atoms with Gasteiger partial charge in [0.2, 0.25) is 10.0 Å². The normalized spacial score (nSPS) is 19.2. The SMILES string of the molecule is Cc1ccc(N(C)S(=O)(=O)CC[C@H]2CCCO2)c(C)c1. The second-order valence-electron chi connectivity index (χ2n) is 5.50. The van der Waals surface area contributed by atoms with Crippen molar-refractivity contribution in [1.29, 1.82) is 0 Å². The highest BCUT2D eigenvalue weighted by atomic mass is 32.2. The molecule has 0 bridgehead atoms. The van der Waals surface area contributed by atoms with E-state index in [1.54, 1.807) is 7.05 Å². The number of hydrogen-bond acceptors (Lipinski definition) is 3. The number of hydrogen-bond donors (Lipinski definition) is 0. The number of sulfonamides is 1. The average molecular weight is 297 g/mol. The highest BCUT2D eigenvalue weighted by Crippen LogP contribution is 2.24. The lowest BCUT2D eigenvalue weighted by Crippen LogP contribution is -2.31. The number of aryl methyl sites for hydroxylation is 2. The Bertz CT molecular complexity index is 562. The molecule has 1 aromatic rings. The van der Waals surface area contributed by atoms with Crippen molar-refractivity contribution in [3.05, 3.63) is 29.3 Å². The van der Waals surface area contributed by atoms with Crippen LogP contribution in [0.15, 0.2) is 18.2 Å². The summed E-state index contributed by atoms with van der Waals surface area (Å²) in [6, 6.07) is 5.81. The molecule has 1 heterocycles. The van der Waals surface area contributed by atoms with Gasteiger partial charge >= 0.3 is 0 Å². The Morgan fingerprint density at radius 1 is 1.35 bits per heavy atom. The second-order valence-corrected chi connectivity index (χ2v) is 7.62. The van der Waals surface area contributed by atoms with Crippen molar-refractivity contribution in [1.82, 2.24) is 0 Å². The van der Waals surface area contributed by atoms with Gasteiger partial charge in [-0.3, -0.25) is 4.31 Å². The first kappa shape index (κ1) is 15.3. The molecule has 0 radical (unpaired) electrons. The van der Waals surface area contributed by atoms with Gasteiger partial charge in [0.05, 0.1) is 17.5 Å². The van der Waals surface area contributed by atoms with Crippen molar-refractivity contribution >= 4 is 15.7 Å². The molecule has 1 atom stereocenters. The highest BCUT2D eigenvalue weighted by molar-refractivity contribution is 7.92. The van der Waals surface area contributed by atoms with Crippen molar-refractivity contribution in [2.24, 2.45) is 0 Å². The summed E-state index contributed by atoms with van der Waals surface area (Å²) in [6.07, 6.45) is 2.70. The number of rotatable bonds is 5. The van der Waals surface area contributed by atoms with E-state index in [-0.39, 0.29) is 11.9 Å². The second kappa shape index (κ2) is 6.14. The van der Waals surface area contributed by atoms with Crippen molar-refractivity contribution < 1.29 is 13.2 Å². The van der Waals surface area contributed by atoms with E-state index in [1.807, 2.05) is 32.0 Å². The van der Waals surface area contributed by atoms with Crippen LogP contribution in [0, 0.1) is 13.8 Å². The van der Waals surface area contributed by atoms with Crippen LogP contribution in [0.4, 0.5) is 5.69 Å². The number of benzene rings is 1. The standard InChI is InChI=1S/C15H23NO3S/c1-12-6-7-15(13(2)11-12)16(3)20(17,18)10-8-14-5-4-9-19-14/h6-7,11,14H,4-5,8-10H2,1-3H3/t14-/m1/s1. The summed E-state index contributed by atoms with van der Waals surface area (Å²) in [6.45, 7) is 4.70. The van der Waals surface area contributed by atoms with Crippen LogP contribution in [-0.2, 0) is 14.8 Å². The minimum absolute atomic E-state index is 0.109. The van der Waals surface area contributed by atoms with Gasteiger partial charge in [-0.1, -0.05) is 17.7 Å². The summed E-state index contributed by atoms with van der Waals surface area (Å²) in [7, 11) is -1.66. The molecular weight excluding hydrogens is 274 g/mol. The number of anilines is 1. The van der Waals surface area contributed by atoms with Gasteiger partial charge < -0.3 is 4.74 Å². The topological polar surface area (TPSA) is 46.6 Å². The van der Waals surface area contributed by atoms with Crippen LogP contribution in [-0.4, -0.2) is 33.9 Å². The Kier molecular flexibility index (Phi) is 4.70. The molecule has 0 aromatic heterocycles. The van der Waals surface area contributed by atoms with Crippen molar-refractivity contribution in [2.75, 3.05) is 23.7 Å². The van der Waals surface area contributed by atoms with E-state index in [4.69, 9.17) is 4.74 Å². The molecule has 4 nitrogen and oxygen atoms in total. The van der Waals surface area contributed by atoms with Crippen LogP contribution in [0.2, 0.25) is 0 Å². The maximum atomic E-state index is 12.4. The molecule has 0 saturated carbocycles. The Morgan fingerprint density at radius 3 is 2.70 bits per heavy atom. The van der Waals surface area contributed by atoms with Crippen molar-refractivity contribution in [3.63, 3.8) is 0 Å². The van der Waals surface area contributed by atoms with Crippen LogP contribution < -0.4 is 4.31 Å². The van der Waals surface area contributed by atoms with E-state index in [1.165, 1.54) is 4.31 Å². The molecule has 1 aliphatic heterocycles. The Balaban J connectivity index is 2.07. The van der Waals surface area contributed by atoms with Gasteiger partial charge in [-0.25, -0.2) is 8.42 Å². The predicted octanol–water partition coefficient (Wildman–Crippen LogP) is 2.64. The molecule has 5 heteroatoms. The minimum Gasteiger partial charge on any atom is -0.378 e. The first-order valence-electron chi connectivity index (χ1n) is 7.05. The molecule has 1 fully saturated rings. The van der Waals surface area contributed by atoms with E-state index >= 15 is 0 Å². The maximum Gasteiger partial charge on any atom is 0.235 e. The molecule has 0 N–H and O–H groups in total. The van der Waals surface area contributed by atoms with E-state index < -0.39 is 10.0 Å². The quantitative estimate of drug-likeness (QED) is 0.839. The Hall–Kier alpha value is -1.07. The van der Waals surface area contributed by atoms with E-state index in [0.29, 0.717) is 6.42 Å². The smallest absolute Gasteiger partial charge is 0.235 e. The lowest BCUT2D eigenvalue weighted by Gasteiger charge is -2.22. The summed E-state index contributed by atoms with van der Waals surface area (Å²) < 4.78 is 31.7. The molecule has 0 aliphatic carbocycles. The average Bonchev–Trinajstić information content (AvgIpc) is 2.89. The molecule has 20 heavy (non-hydrogen) atoms. The third-order valence-electron chi connectivity index (χ3n) is 3.83. The van der Waals surface area contributed by atoms with Gasteiger partial charge in [0.1, 0.15) is 0 Å². The number of ether oxygens (including phenoxy) is 1. The Labute approximate surface area is 121 Å². The molecule has 0 spiro atoms. The van der Waals surface area contributed by atoms with Crippen LogP contribution in [0.1, 0.15) is 30.4 Å². The molecule has 0 amide bonds. The summed E-state index contributed by atoms with van der Waals surface area (Å²) in [5, 5.41) is 0. The monoisotopic (exact) mass is 297 g/mol. The zero-order valence-electron chi connectivity index (χ0n) is 12.4. The lowest BCUT2D eigenvalue weighted by atomic mass is 10.1. The largest absolute Gasteiger partial charge is 0.378 e. The fraction of sp³-hybridized carbons (Fsp3) is 0.600. The summed E-state index contributed by atoms with van der Waals surface area (Å²) in [4.78, 5) is 0. The molecule has 0 unspecified atom stereocenters. The van der Waals surface area contributed by atoms with Gasteiger partial charge in [0, 0.05) is 13.7 Å². The first-order chi connectivity index (χ1) is 9.40. The fourth-order valence-corrected chi connectivity index (χ4v) is 3.94. The van der Waals surface area contributed by atoms with Gasteiger partial charge in [0.15, 0.2) is 0 Å². The maximum absolute atomic E-state index is 12.4. The molecular formula is C15H23NO3S. The molecule has 112 valence electrons. The lowest BCUT2D eigenvalue weighted by molar-refractivity contribution is 0.109. The zero-order valence-corrected chi connectivity index (χ0v) is 13.2. The Morgan fingerprint density at radius 2 is 2.10 bits per heavy atom. The minimum atomic E-state index is -3.28. The van der Waals surface area contributed by atoms with Crippen LogP contribution in [0.5, 0.6) is 0 Å². The third-order valence-corrected chi connectivity index (χ3v) is 5.61. The van der Waals surface area contributed by atoms with E-state index in [9.17, 15) is 8.42 Å². The van der Waals surface area contributed by atoms with Crippen molar-refractivity contribution in [2.45, 2.75) is 39.2 Å². The fourth-order valence-electron chi connectivity index (χ4n) is 2.60. The van der Waals surface area contributed by atoms with Gasteiger partial charge in [-0.2, -0.15) is 0 Å². The van der Waals surface area contributed by atoms with Gasteiger partial charge in [0.25, 0.3) is 0 Å². The number of nitrogens with zero attached hydrogens (tertiary/aromatic N) is 1. The molecule has 1 aromatic carbocycles. The van der Waals surface area contributed by atoms with Gasteiger partial charge in [-0.15, -0.1) is 0 Å². The summed E-state index contributed by atoms with van der Waals surface area (Å²) >= 11 is 0. The van der Waals surface area contributed by atoms with Gasteiger partial charge in [-0.05, 0) is 44.7 Å². The summed E-state index contributed by atoms with van der Waals surface area (Å²) in [5.74, 6) is 0.140. The first-order valence-corrected chi connectivity index (χ1v) is 8.66. The van der Waals surface area contributed by atoms with E-state index in [0.717, 1.165) is 36.3 Å². The van der Waals surface area contributed by atoms with Crippen molar-refractivity contribution in [3.8, 4) is 0 Å². The highest BCUT2D eigenvalue weighted by Gasteiger charge is 2.23. The molecule has 2 rings (SSSR count). The van der Waals surface area contributed by atoms with Crippen LogP contribution in [0.25, 0.3) is 0 Å².